The Balaban J connectivity index is 3.78. The third-order valence-corrected chi connectivity index (χ3v) is 1.44. The Morgan fingerprint density at radius 1 is 1.50 bits per heavy atom. The summed E-state index contributed by atoms with van der Waals surface area (Å²) in [5.41, 5.74) is -0.913. The zero-order valence-corrected chi connectivity index (χ0v) is 7.79. The van der Waals surface area contributed by atoms with Crippen molar-refractivity contribution >= 4 is 5.97 Å². The van der Waals surface area contributed by atoms with Gasteiger partial charge in [-0.15, -0.1) is 0 Å². The van der Waals surface area contributed by atoms with E-state index in [-0.39, 0.29) is 6.61 Å². The monoisotopic (exact) mass is 176 g/mol. The van der Waals surface area contributed by atoms with E-state index in [1.54, 1.807) is 13.8 Å². The molecule has 0 aromatic carbocycles. The number of hydrogen-bond acceptors (Lipinski definition) is 4. The molecular formula is C8H16O4. The minimum Gasteiger partial charge on any atom is -0.467 e. The van der Waals surface area contributed by atoms with Gasteiger partial charge in [0.2, 0.25) is 0 Å². The number of ether oxygens (including phenoxy) is 2. The lowest BCUT2D eigenvalue weighted by Crippen LogP contribution is -2.36. The standard InChI is InChI=1S/C8H16O4/c1-8(2,7(10)11-3)12-6-4-5-9/h9H,4-6H2,1-3H3. The van der Waals surface area contributed by atoms with Gasteiger partial charge in [-0.25, -0.2) is 4.79 Å². The Morgan fingerprint density at radius 3 is 2.50 bits per heavy atom. The van der Waals surface area contributed by atoms with E-state index in [9.17, 15) is 4.79 Å². The van der Waals surface area contributed by atoms with Crippen LogP contribution < -0.4 is 0 Å². The van der Waals surface area contributed by atoms with Crippen molar-refractivity contribution in [1.29, 1.82) is 0 Å². The fraction of sp³-hybridized carbons (Fsp3) is 0.875. The predicted octanol–water partition coefficient (Wildman–Crippen LogP) is 0.337. The molecule has 0 aliphatic rings. The van der Waals surface area contributed by atoms with E-state index < -0.39 is 11.6 Å². The summed E-state index contributed by atoms with van der Waals surface area (Å²) in [6.45, 7) is 3.70. The van der Waals surface area contributed by atoms with Crippen LogP contribution in [0.4, 0.5) is 0 Å². The molecule has 0 amide bonds. The maximum atomic E-state index is 11.0. The predicted molar refractivity (Wildman–Crippen MR) is 43.7 cm³/mol. The Bertz CT molecular complexity index is 142. The van der Waals surface area contributed by atoms with Crippen LogP contribution in [0.1, 0.15) is 20.3 Å². The van der Waals surface area contributed by atoms with Crippen LogP contribution in [0.2, 0.25) is 0 Å². The molecular weight excluding hydrogens is 160 g/mol. The van der Waals surface area contributed by atoms with Crippen molar-refractivity contribution in [1.82, 2.24) is 0 Å². The zero-order chi connectivity index (χ0) is 9.61. The highest BCUT2D eigenvalue weighted by Crippen LogP contribution is 2.10. The highest BCUT2D eigenvalue weighted by atomic mass is 16.6. The molecule has 72 valence electrons. The molecule has 0 saturated carbocycles. The number of carbonyl (C=O) groups is 1. The minimum atomic E-state index is -0.913. The maximum Gasteiger partial charge on any atom is 0.337 e. The quantitative estimate of drug-likeness (QED) is 0.484. The van der Waals surface area contributed by atoms with Crippen molar-refractivity contribution in [2.24, 2.45) is 0 Å². The van der Waals surface area contributed by atoms with Gasteiger partial charge in [-0.1, -0.05) is 0 Å². The Kier molecular flexibility index (Phi) is 4.85. The van der Waals surface area contributed by atoms with E-state index >= 15 is 0 Å². The molecule has 4 heteroatoms. The lowest BCUT2D eigenvalue weighted by atomic mass is 10.1. The van der Waals surface area contributed by atoms with Crippen LogP contribution in [0, 0.1) is 0 Å². The largest absolute Gasteiger partial charge is 0.467 e. The molecule has 0 spiro atoms. The van der Waals surface area contributed by atoms with Gasteiger partial charge in [0.05, 0.1) is 13.7 Å². The third-order valence-electron chi connectivity index (χ3n) is 1.44. The van der Waals surface area contributed by atoms with Gasteiger partial charge in [-0.2, -0.15) is 0 Å². The first-order valence-electron chi connectivity index (χ1n) is 3.88. The molecule has 12 heavy (non-hydrogen) atoms. The molecule has 0 bridgehead atoms. The van der Waals surface area contributed by atoms with Crippen molar-refractivity contribution in [2.75, 3.05) is 20.3 Å². The molecule has 0 unspecified atom stereocenters. The van der Waals surface area contributed by atoms with Crippen molar-refractivity contribution in [3.63, 3.8) is 0 Å². The van der Waals surface area contributed by atoms with Gasteiger partial charge in [0.15, 0.2) is 5.60 Å². The number of methoxy groups -OCH3 is 1. The number of aliphatic hydroxyl groups is 1. The Labute approximate surface area is 72.5 Å². The zero-order valence-electron chi connectivity index (χ0n) is 7.79. The molecule has 0 aliphatic carbocycles. The molecule has 1 N–H and O–H groups in total. The second-order valence-electron chi connectivity index (χ2n) is 2.93. The van der Waals surface area contributed by atoms with Crippen LogP contribution in [0.3, 0.4) is 0 Å². The summed E-state index contributed by atoms with van der Waals surface area (Å²) in [6, 6.07) is 0. The molecule has 0 atom stereocenters. The smallest absolute Gasteiger partial charge is 0.337 e. The second-order valence-corrected chi connectivity index (χ2v) is 2.93. The van der Waals surface area contributed by atoms with Gasteiger partial charge in [-0.05, 0) is 20.3 Å². The lowest BCUT2D eigenvalue weighted by Gasteiger charge is -2.21. The van der Waals surface area contributed by atoms with Gasteiger partial charge in [0.25, 0.3) is 0 Å². The van der Waals surface area contributed by atoms with Crippen molar-refractivity contribution < 1.29 is 19.4 Å². The molecule has 0 heterocycles. The molecule has 0 fully saturated rings. The summed E-state index contributed by atoms with van der Waals surface area (Å²) >= 11 is 0. The fourth-order valence-electron chi connectivity index (χ4n) is 0.697. The van der Waals surface area contributed by atoms with E-state index in [4.69, 9.17) is 9.84 Å². The average molecular weight is 176 g/mol. The number of aliphatic hydroxyl groups excluding tert-OH is 1. The summed E-state index contributed by atoms with van der Waals surface area (Å²) in [5, 5.41) is 8.46. The van der Waals surface area contributed by atoms with Crippen LogP contribution in [-0.4, -0.2) is 37.0 Å². The molecule has 0 rings (SSSR count). The minimum absolute atomic E-state index is 0.0667. The molecule has 0 aromatic rings. The van der Waals surface area contributed by atoms with E-state index in [1.807, 2.05) is 0 Å². The third kappa shape index (κ3) is 3.69. The summed E-state index contributed by atoms with van der Waals surface area (Å²) in [6.07, 6.45) is 0.528. The summed E-state index contributed by atoms with van der Waals surface area (Å²) < 4.78 is 9.71. The molecule has 0 saturated heterocycles. The van der Waals surface area contributed by atoms with E-state index in [0.717, 1.165) is 0 Å². The van der Waals surface area contributed by atoms with Crippen molar-refractivity contribution in [3.8, 4) is 0 Å². The number of hydrogen-bond donors (Lipinski definition) is 1. The molecule has 4 nitrogen and oxygen atoms in total. The number of esters is 1. The van der Waals surface area contributed by atoms with Crippen molar-refractivity contribution in [3.05, 3.63) is 0 Å². The van der Waals surface area contributed by atoms with Gasteiger partial charge < -0.3 is 14.6 Å². The summed E-state index contributed by atoms with van der Waals surface area (Å²) in [4.78, 5) is 11.0. The number of rotatable bonds is 5. The number of carbonyl (C=O) groups excluding carboxylic acids is 1. The first kappa shape index (κ1) is 11.4. The van der Waals surface area contributed by atoms with E-state index in [2.05, 4.69) is 4.74 Å². The average Bonchev–Trinajstić information content (AvgIpc) is 2.03. The topological polar surface area (TPSA) is 55.8 Å². The van der Waals surface area contributed by atoms with Gasteiger partial charge in [0.1, 0.15) is 0 Å². The second kappa shape index (κ2) is 5.11. The van der Waals surface area contributed by atoms with Crippen LogP contribution in [-0.2, 0) is 14.3 Å². The van der Waals surface area contributed by atoms with Crippen LogP contribution in [0.25, 0.3) is 0 Å². The molecule has 0 aromatic heterocycles. The first-order chi connectivity index (χ1) is 5.54. The Hall–Kier alpha value is -0.610. The van der Waals surface area contributed by atoms with Gasteiger partial charge >= 0.3 is 5.97 Å². The summed E-state index contributed by atoms with van der Waals surface area (Å²) in [5.74, 6) is -0.402. The van der Waals surface area contributed by atoms with Gasteiger partial charge in [-0.3, -0.25) is 0 Å². The lowest BCUT2D eigenvalue weighted by molar-refractivity contribution is -0.165. The molecule has 0 aliphatic heterocycles. The van der Waals surface area contributed by atoms with Gasteiger partial charge in [0, 0.05) is 6.61 Å². The first-order valence-corrected chi connectivity index (χ1v) is 3.88. The van der Waals surface area contributed by atoms with Crippen LogP contribution in [0.5, 0.6) is 0 Å². The highest BCUT2D eigenvalue weighted by Gasteiger charge is 2.28. The normalized spacial score (nSPS) is 11.3. The van der Waals surface area contributed by atoms with Crippen molar-refractivity contribution in [2.45, 2.75) is 25.9 Å². The van der Waals surface area contributed by atoms with E-state index in [0.29, 0.717) is 13.0 Å². The SMILES string of the molecule is COC(=O)C(C)(C)OCCCO. The van der Waals surface area contributed by atoms with Crippen LogP contribution >= 0.6 is 0 Å². The van der Waals surface area contributed by atoms with E-state index in [1.165, 1.54) is 7.11 Å². The van der Waals surface area contributed by atoms with Crippen LogP contribution in [0.15, 0.2) is 0 Å². The molecule has 0 radical (unpaired) electrons. The maximum absolute atomic E-state index is 11.0. The summed E-state index contributed by atoms with van der Waals surface area (Å²) in [7, 11) is 1.32. The Morgan fingerprint density at radius 2 is 2.08 bits per heavy atom. The highest BCUT2D eigenvalue weighted by molar-refractivity contribution is 5.78. The fourth-order valence-corrected chi connectivity index (χ4v) is 0.697.